The van der Waals surface area contributed by atoms with E-state index in [0.29, 0.717) is 13.0 Å². The molecule has 0 saturated carbocycles. The molecule has 20 heavy (non-hydrogen) atoms. The molecule has 2 rings (SSSR count). The van der Waals surface area contributed by atoms with Crippen LogP contribution in [-0.4, -0.2) is 28.0 Å². The highest BCUT2D eigenvalue weighted by Crippen LogP contribution is 2.29. The van der Waals surface area contributed by atoms with Crippen molar-refractivity contribution in [1.29, 1.82) is 0 Å². The summed E-state index contributed by atoms with van der Waals surface area (Å²) in [6.07, 6.45) is 4.59. The number of aliphatic hydroxyl groups is 1. The minimum absolute atomic E-state index is 0.0334. The van der Waals surface area contributed by atoms with Crippen molar-refractivity contribution in [2.45, 2.75) is 32.2 Å². The first-order valence-electron chi connectivity index (χ1n) is 7.03. The molecule has 0 aliphatic rings. The van der Waals surface area contributed by atoms with Crippen molar-refractivity contribution >= 4 is 0 Å². The molecule has 0 spiro atoms. The lowest BCUT2D eigenvalue weighted by Crippen LogP contribution is -2.41. The van der Waals surface area contributed by atoms with Crippen molar-refractivity contribution in [2.75, 3.05) is 13.2 Å². The average molecular weight is 273 g/mol. The summed E-state index contributed by atoms with van der Waals surface area (Å²) in [7, 11) is 0. The first kappa shape index (κ1) is 14.8. The van der Waals surface area contributed by atoms with E-state index in [1.807, 2.05) is 29.2 Å². The van der Waals surface area contributed by atoms with Crippen molar-refractivity contribution in [3.05, 3.63) is 53.3 Å². The third kappa shape index (κ3) is 2.76. The van der Waals surface area contributed by atoms with Crippen molar-refractivity contribution in [3.8, 4) is 0 Å². The molecule has 3 N–H and O–H groups in total. The maximum atomic E-state index is 9.97. The van der Waals surface area contributed by atoms with Gasteiger partial charge in [0.2, 0.25) is 0 Å². The molecule has 0 saturated heterocycles. The molecule has 1 heterocycles. The van der Waals surface area contributed by atoms with E-state index in [4.69, 9.17) is 5.73 Å². The van der Waals surface area contributed by atoms with Crippen LogP contribution in [0.1, 0.15) is 23.6 Å². The predicted octanol–water partition coefficient (Wildman–Crippen LogP) is 1.64. The van der Waals surface area contributed by atoms with Gasteiger partial charge in [-0.3, -0.25) is 4.68 Å². The van der Waals surface area contributed by atoms with Gasteiger partial charge in [0.1, 0.15) is 0 Å². The van der Waals surface area contributed by atoms with E-state index in [0.717, 1.165) is 23.2 Å². The van der Waals surface area contributed by atoms with Crippen LogP contribution in [0.25, 0.3) is 0 Å². The molecular weight excluding hydrogens is 250 g/mol. The molecule has 4 heteroatoms. The van der Waals surface area contributed by atoms with Crippen molar-refractivity contribution in [1.82, 2.24) is 9.78 Å². The van der Waals surface area contributed by atoms with Gasteiger partial charge < -0.3 is 10.8 Å². The lowest BCUT2D eigenvalue weighted by atomic mass is 9.75. The van der Waals surface area contributed by atoms with Crippen LogP contribution in [0.3, 0.4) is 0 Å². The number of hydrogen-bond donors (Lipinski definition) is 2. The van der Waals surface area contributed by atoms with Crippen molar-refractivity contribution < 1.29 is 5.11 Å². The van der Waals surface area contributed by atoms with Gasteiger partial charge in [0, 0.05) is 24.7 Å². The normalized spacial score (nSPS) is 14.2. The number of hydrogen-bond acceptors (Lipinski definition) is 3. The highest BCUT2D eigenvalue weighted by molar-refractivity contribution is 5.36. The van der Waals surface area contributed by atoms with Gasteiger partial charge in [0.15, 0.2) is 0 Å². The largest absolute Gasteiger partial charge is 0.395 e. The quantitative estimate of drug-likeness (QED) is 0.841. The summed E-state index contributed by atoms with van der Waals surface area (Å²) < 4.78 is 1.89. The molecule has 0 aliphatic heterocycles. The van der Waals surface area contributed by atoms with Crippen LogP contribution in [0.2, 0.25) is 0 Å². The molecule has 0 amide bonds. The Kier molecular flexibility index (Phi) is 4.57. The first-order chi connectivity index (χ1) is 9.65. The number of nitrogens with zero attached hydrogens (tertiary/aromatic N) is 2. The van der Waals surface area contributed by atoms with E-state index >= 15 is 0 Å². The molecule has 0 radical (unpaired) electrons. The average Bonchev–Trinajstić information content (AvgIpc) is 2.93. The topological polar surface area (TPSA) is 64.1 Å². The third-order valence-corrected chi connectivity index (χ3v) is 3.96. The van der Waals surface area contributed by atoms with Crippen LogP contribution in [0.4, 0.5) is 0 Å². The predicted molar refractivity (Wildman–Crippen MR) is 80.6 cm³/mol. The van der Waals surface area contributed by atoms with E-state index in [9.17, 15) is 5.11 Å². The van der Waals surface area contributed by atoms with Gasteiger partial charge in [0.25, 0.3) is 0 Å². The Labute approximate surface area is 120 Å². The van der Waals surface area contributed by atoms with Crippen LogP contribution >= 0.6 is 0 Å². The first-order valence-corrected chi connectivity index (χ1v) is 7.03. The van der Waals surface area contributed by atoms with E-state index in [2.05, 4.69) is 31.1 Å². The molecule has 0 aliphatic carbocycles. The fourth-order valence-electron chi connectivity index (χ4n) is 2.71. The molecular formula is C16H23N3O. The summed E-state index contributed by atoms with van der Waals surface area (Å²) in [4.78, 5) is 0. The summed E-state index contributed by atoms with van der Waals surface area (Å²) in [6.45, 7) is 5.40. The smallest absolute Gasteiger partial charge is 0.0543 e. The van der Waals surface area contributed by atoms with Crippen LogP contribution < -0.4 is 5.73 Å². The van der Waals surface area contributed by atoms with Crippen LogP contribution in [0.15, 0.2) is 36.7 Å². The fourth-order valence-corrected chi connectivity index (χ4v) is 2.71. The Hall–Kier alpha value is -1.65. The summed E-state index contributed by atoms with van der Waals surface area (Å²) in [6, 6.07) is 8.12. The zero-order chi connectivity index (χ0) is 14.6. The van der Waals surface area contributed by atoms with Gasteiger partial charge in [-0.15, -0.1) is 0 Å². The summed E-state index contributed by atoms with van der Waals surface area (Å²) in [5.41, 5.74) is 8.97. The minimum Gasteiger partial charge on any atom is -0.395 e. The Balaban J connectivity index is 2.37. The van der Waals surface area contributed by atoms with Crippen molar-refractivity contribution in [3.63, 3.8) is 0 Å². The Morgan fingerprint density at radius 1 is 1.35 bits per heavy atom. The monoisotopic (exact) mass is 273 g/mol. The molecule has 108 valence electrons. The van der Waals surface area contributed by atoms with Crippen molar-refractivity contribution in [2.24, 2.45) is 5.73 Å². The second-order valence-corrected chi connectivity index (χ2v) is 5.34. The van der Waals surface area contributed by atoms with E-state index < -0.39 is 5.41 Å². The number of aromatic nitrogens is 2. The highest BCUT2D eigenvalue weighted by Gasteiger charge is 2.32. The van der Waals surface area contributed by atoms with Gasteiger partial charge in [-0.25, -0.2) is 0 Å². The zero-order valence-corrected chi connectivity index (χ0v) is 12.2. The lowest BCUT2D eigenvalue weighted by Gasteiger charge is -2.32. The highest BCUT2D eigenvalue weighted by atomic mass is 16.3. The summed E-state index contributed by atoms with van der Waals surface area (Å²) in [5, 5.41) is 14.3. The second-order valence-electron chi connectivity index (χ2n) is 5.34. The second kappa shape index (κ2) is 6.20. The molecule has 1 unspecified atom stereocenters. The molecule has 1 aromatic heterocycles. The minimum atomic E-state index is -0.438. The lowest BCUT2D eigenvalue weighted by molar-refractivity contribution is 0.195. The van der Waals surface area contributed by atoms with Crippen LogP contribution in [0, 0.1) is 6.92 Å². The molecule has 2 aromatic rings. The van der Waals surface area contributed by atoms with Crippen LogP contribution in [0.5, 0.6) is 0 Å². The Morgan fingerprint density at radius 3 is 2.65 bits per heavy atom. The summed E-state index contributed by atoms with van der Waals surface area (Å²) in [5.74, 6) is 0. The Bertz CT molecular complexity index is 558. The fraction of sp³-hybridized carbons (Fsp3) is 0.438. The van der Waals surface area contributed by atoms with Gasteiger partial charge in [-0.1, -0.05) is 24.3 Å². The third-order valence-electron chi connectivity index (χ3n) is 3.96. The van der Waals surface area contributed by atoms with E-state index in [1.54, 1.807) is 0 Å². The van der Waals surface area contributed by atoms with Gasteiger partial charge in [-0.05, 0) is 37.0 Å². The van der Waals surface area contributed by atoms with Gasteiger partial charge >= 0.3 is 0 Å². The number of aryl methyl sites for hydroxylation is 2. The number of benzene rings is 1. The van der Waals surface area contributed by atoms with E-state index in [1.165, 1.54) is 0 Å². The Morgan fingerprint density at radius 2 is 2.10 bits per heavy atom. The van der Waals surface area contributed by atoms with E-state index in [-0.39, 0.29) is 6.61 Å². The summed E-state index contributed by atoms with van der Waals surface area (Å²) >= 11 is 0. The molecule has 1 atom stereocenters. The molecule has 4 nitrogen and oxygen atoms in total. The van der Waals surface area contributed by atoms with Gasteiger partial charge in [-0.2, -0.15) is 5.10 Å². The number of nitrogens with two attached hydrogens (primary N) is 1. The van der Waals surface area contributed by atoms with Gasteiger partial charge in [0.05, 0.1) is 12.8 Å². The molecule has 0 fully saturated rings. The maximum Gasteiger partial charge on any atom is 0.0543 e. The van der Waals surface area contributed by atoms with Crippen LogP contribution in [-0.2, 0) is 18.4 Å². The number of aliphatic hydroxyl groups excluding tert-OH is 1. The molecule has 0 bridgehead atoms. The molecule has 1 aromatic carbocycles. The number of rotatable bonds is 6. The maximum absolute atomic E-state index is 9.97. The SMILES string of the molecule is CCn1cc(CC(CN)(CO)c2ccccc2C)cn1. The zero-order valence-electron chi connectivity index (χ0n) is 12.2. The standard InChI is InChI=1S/C16H23N3O/c1-3-19-10-14(9-18-19)8-16(11-17,12-20)15-7-5-4-6-13(15)2/h4-7,9-10,20H,3,8,11-12,17H2,1-2H3.